The molecule has 0 saturated carbocycles. The van der Waals surface area contributed by atoms with Crippen molar-refractivity contribution >= 4 is 21.6 Å². The summed E-state index contributed by atoms with van der Waals surface area (Å²) in [7, 11) is -0.687. The first-order chi connectivity index (χ1) is 16.4. The standard InChI is InChI=1S/C25H27N3O5S/c1-32-23-13-8-18(16-24(23)33-2)25(29)27-20-9-11-21(12-10-20)34(30,31)28-15-4-3-7-22(28)19-6-5-14-26-17-19/h5-6,8-14,16-17,22H,3-4,7,15H2,1-2H3,(H,27,29). The van der Waals surface area contributed by atoms with E-state index < -0.39 is 10.0 Å². The van der Waals surface area contributed by atoms with E-state index in [1.165, 1.54) is 26.4 Å². The number of methoxy groups -OCH3 is 2. The van der Waals surface area contributed by atoms with Crippen molar-refractivity contribution in [3.05, 3.63) is 78.1 Å². The summed E-state index contributed by atoms with van der Waals surface area (Å²) in [4.78, 5) is 17.0. The summed E-state index contributed by atoms with van der Waals surface area (Å²) in [6, 6.07) is 14.6. The normalized spacial score (nSPS) is 16.6. The molecule has 1 N–H and O–H groups in total. The number of amides is 1. The third-order valence-electron chi connectivity index (χ3n) is 5.89. The van der Waals surface area contributed by atoms with Crippen molar-refractivity contribution in [1.82, 2.24) is 9.29 Å². The fraction of sp³-hybridized carbons (Fsp3) is 0.280. The van der Waals surface area contributed by atoms with E-state index in [0.29, 0.717) is 29.3 Å². The van der Waals surface area contributed by atoms with Crippen molar-refractivity contribution in [3.8, 4) is 11.5 Å². The largest absolute Gasteiger partial charge is 0.493 e. The number of anilines is 1. The lowest BCUT2D eigenvalue weighted by molar-refractivity contribution is 0.102. The van der Waals surface area contributed by atoms with Gasteiger partial charge in [0.25, 0.3) is 5.91 Å². The number of piperidine rings is 1. The highest BCUT2D eigenvalue weighted by molar-refractivity contribution is 7.89. The number of carbonyl (C=O) groups is 1. The van der Waals surface area contributed by atoms with Crippen LogP contribution < -0.4 is 14.8 Å². The molecular weight excluding hydrogens is 454 g/mol. The minimum Gasteiger partial charge on any atom is -0.493 e. The van der Waals surface area contributed by atoms with Gasteiger partial charge in [-0.2, -0.15) is 4.31 Å². The molecule has 178 valence electrons. The second-order valence-electron chi connectivity index (χ2n) is 7.96. The van der Waals surface area contributed by atoms with Crippen LogP contribution in [0.15, 0.2) is 71.9 Å². The van der Waals surface area contributed by atoms with Gasteiger partial charge in [-0.05, 0) is 66.9 Å². The lowest BCUT2D eigenvalue weighted by Gasteiger charge is -2.34. The average Bonchev–Trinajstić information content (AvgIpc) is 2.89. The van der Waals surface area contributed by atoms with E-state index in [4.69, 9.17) is 9.47 Å². The molecule has 9 heteroatoms. The van der Waals surface area contributed by atoms with Crippen LogP contribution >= 0.6 is 0 Å². The van der Waals surface area contributed by atoms with Gasteiger partial charge >= 0.3 is 0 Å². The summed E-state index contributed by atoms with van der Waals surface area (Å²) in [6.07, 6.45) is 5.94. The summed E-state index contributed by atoms with van der Waals surface area (Å²) in [5.41, 5.74) is 1.77. The van der Waals surface area contributed by atoms with Gasteiger partial charge in [-0.1, -0.05) is 12.5 Å². The molecule has 0 aliphatic carbocycles. The Kier molecular flexibility index (Phi) is 7.14. The zero-order valence-electron chi connectivity index (χ0n) is 19.1. The Morgan fingerprint density at radius 2 is 1.79 bits per heavy atom. The molecule has 2 heterocycles. The topological polar surface area (TPSA) is 97.8 Å². The molecule has 0 spiro atoms. The molecule has 1 amide bonds. The molecule has 1 saturated heterocycles. The second kappa shape index (κ2) is 10.2. The number of aromatic nitrogens is 1. The summed E-state index contributed by atoms with van der Waals surface area (Å²) in [5.74, 6) is 0.626. The molecule has 1 aliphatic heterocycles. The van der Waals surface area contributed by atoms with Crippen LogP contribution in [0.4, 0.5) is 5.69 Å². The number of carbonyl (C=O) groups excluding carboxylic acids is 1. The molecule has 4 rings (SSSR count). The van der Waals surface area contributed by atoms with E-state index >= 15 is 0 Å². The van der Waals surface area contributed by atoms with Crippen molar-refractivity contribution in [3.63, 3.8) is 0 Å². The number of sulfonamides is 1. The molecule has 3 aromatic rings. The number of pyridine rings is 1. The van der Waals surface area contributed by atoms with Gasteiger partial charge < -0.3 is 14.8 Å². The zero-order chi connectivity index (χ0) is 24.1. The minimum atomic E-state index is -3.71. The van der Waals surface area contributed by atoms with Crippen molar-refractivity contribution in [1.29, 1.82) is 0 Å². The van der Waals surface area contributed by atoms with Gasteiger partial charge in [0.2, 0.25) is 10.0 Å². The Labute approximate surface area is 199 Å². The van der Waals surface area contributed by atoms with Crippen molar-refractivity contribution in [2.75, 3.05) is 26.1 Å². The molecule has 1 aromatic heterocycles. The van der Waals surface area contributed by atoms with E-state index in [1.807, 2.05) is 12.1 Å². The van der Waals surface area contributed by atoms with E-state index in [1.54, 1.807) is 47.0 Å². The summed E-state index contributed by atoms with van der Waals surface area (Å²) >= 11 is 0. The van der Waals surface area contributed by atoms with E-state index in [-0.39, 0.29) is 16.8 Å². The first-order valence-electron chi connectivity index (χ1n) is 11.0. The fourth-order valence-corrected chi connectivity index (χ4v) is 5.81. The lowest BCUT2D eigenvalue weighted by Crippen LogP contribution is -2.38. The van der Waals surface area contributed by atoms with Gasteiger partial charge in [0.15, 0.2) is 11.5 Å². The molecule has 8 nitrogen and oxygen atoms in total. The SMILES string of the molecule is COc1ccc(C(=O)Nc2ccc(S(=O)(=O)N3CCCCC3c3cccnc3)cc2)cc1OC. The van der Waals surface area contributed by atoms with E-state index in [2.05, 4.69) is 10.3 Å². The molecule has 34 heavy (non-hydrogen) atoms. The molecule has 1 fully saturated rings. The quantitative estimate of drug-likeness (QED) is 0.541. The van der Waals surface area contributed by atoms with Gasteiger partial charge in [0.05, 0.1) is 25.2 Å². The zero-order valence-corrected chi connectivity index (χ0v) is 19.9. The highest BCUT2D eigenvalue weighted by Gasteiger charge is 2.34. The Morgan fingerprint density at radius 3 is 2.47 bits per heavy atom. The summed E-state index contributed by atoms with van der Waals surface area (Å²) in [6.45, 7) is 0.458. The minimum absolute atomic E-state index is 0.187. The Balaban J connectivity index is 1.52. The number of ether oxygens (including phenoxy) is 2. The maximum atomic E-state index is 13.4. The number of rotatable bonds is 7. The summed E-state index contributed by atoms with van der Waals surface area (Å²) in [5, 5.41) is 2.79. The fourth-order valence-electron chi connectivity index (χ4n) is 4.13. The molecule has 2 aromatic carbocycles. The highest BCUT2D eigenvalue weighted by atomic mass is 32.2. The van der Waals surface area contributed by atoms with Gasteiger partial charge in [-0.25, -0.2) is 8.42 Å². The highest BCUT2D eigenvalue weighted by Crippen LogP contribution is 2.35. The Morgan fingerprint density at radius 1 is 1.03 bits per heavy atom. The van der Waals surface area contributed by atoms with E-state index in [0.717, 1.165) is 24.8 Å². The molecule has 1 aliphatic rings. The molecule has 1 unspecified atom stereocenters. The van der Waals surface area contributed by atoms with Gasteiger partial charge in [0, 0.05) is 30.2 Å². The number of nitrogens with zero attached hydrogens (tertiary/aromatic N) is 2. The van der Waals surface area contributed by atoms with Crippen molar-refractivity contribution in [2.45, 2.75) is 30.2 Å². The maximum absolute atomic E-state index is 13.4. The predicted molar refractivity (Wildman–Crippen MR) is 129 cm³/mol. The third-order valence-corrected chi connectivity index (χ3v) is 7.81. The van der Waals surface area contributed by atoms with Crippen LogP contribution in [0.25, 0.3) is 0 Å². The first-order valence-corrected chi connectivity index (χ1v) is 12.4. The van der Waals surface area contributed by atoms with Crippen LogP contribution in [0.2, 0.25) is 0 Å². The second-order valence-corrected chi connectivity index (χ2v) is 9.85. The van der Waals surface area contributed by atoms with Crippen molar-refractivity contribution in [2.24, 2.45) is 0 Å². The maximum Gasteiger partial charge on any atom is 0.255 e. The van der Waals surface area contributed by atoms with Crippen LogP contribution in [0.1, 0.15) is 41.2 Å². The monoisotopic (exact) mass is 481 g/mol. The van der Waals surface area contributed by atoms with Gasteiger partial charge in [0.1, 0.15) is 0 Å². The number of hydrogen-bond donors (Lipinski definition) is 1. The molecule has 1 atom stereocenters. The first kappa shape index (κ1) is 23.7. The molecule has 0 radical (unpaired) electrons. The third kappa shape index (κ3) is 4.90. The number of hydrogen-bond acceptors (Lipinski definition) is 6. The van der Waals surface area contributed by atoms with Crippen LogP contribution in [0, 0.1) is 0 Å². The lowest BCUT2D eigenvalue weighted by atomic mass is 9.99. The van der Waals surface area contributed by atoms with Gasteiger partial charge in [-0.3, -0.25) is 9.78 Å². The van der Waals surface area contributed by atoms with Crippen LogP contribution in [0.3, 0.4) is 0 Å². The number of benzene rings is 2. The van der Waals surface area contributed by atoms with Gasteiger partial charge in [-0.15, -0.1) is 0 Å². The summed E-state index contributed by atoms with van der Waals surface area (Å²) < 4.78 is 38.9. The predicted octanol–water partition coefficient (Wildman–Crippen LogP) is 4.27. The van der Waals surface area contributed by atoms with Crippen LogP contribution in [-0.4, -0.2) is 44.4 Å². The van der Waals surface area contributed by atoms with Crippen LogP contribution in [0.5, 0.6) is 11.5 Å². The number of nitrogens with one attached hydrogen (secondary N) is 1. The van der Waals surface area contributed by atoms with Crippen LogP contribution in [-0.2, 0) is 10.0 Å². The Hall–Kier alpha value is -3.43. The smallest absolute Gasteiger partial charge is 0.255 e. The van der Waals surface area contributed by atoms with E-state index in [9.17, 15) is 13.2 Å². The Bertz CT molecular complexity index is 1250. The molecular formula is C25H27N3O5S. The molecule has 0 bridgehead atoms. The average molecular weight is 482 g/mol. The van der Waals surface area contributed by atoms with Crippen molar-refractivity contribution < 1.29 is 22.7 Å².